The Hall–Kier alpha value is -3.25. The Morgan fingerprint density at radius 3 is 2.21 bits per heavy atom. The van der Waals surface area contributed by atoms with E-state index in [0.717, 1.165) is 5.56 Å². The smallest absolute Gasteiger partial charge is 0.303 e. The fraction of sp³-hybridized carbons (Fsp3) is 0.568. The van der Waals surface area contributed by atoms with Crippen molar-refractivity contribution in [2.45, 2.75) is 107 Å². The minimum atomic E-state index is -4.35. The second kappa shape index (κ2) is 13.2. The molecule has 7 atom stereocenters. The number of benzene rings is 2. The molecule has 2 aliphatic carbocycles. The molecule has 2 aromatic rings. The zero-order valence-corrected chi connectivity index (χ0v) is 29.7. The molecule has 262 valence electrons. The molecular formula is C37H48O10S. The number of carbonyl (C=O) groups excluding carboxylic acids is 2. The van der Waals surface area contributed by atoms with Crippen LogP contribution in [-0.4, -0.2) is 69.0 Å². The molecule has 0 spiro atoms. The molecule has 1 heterocycles. The van der Waals surface area contributed by atoms with Gasteiger partial charge in [-0.05, 0) is 74.3 Å². The van der Waals surface area contributed by atoms with Gasteiger partial charge in [-0.2, -0.15) is 0 Å². The SMILES string of the molecule is C=C[C@@H](OCc1ccc(OC)cc1)[C@]1(C(OC(C)=O)C(C23CCC(C[C@H]2OC(C)=O)C3(C)C)S(=O)(=O)c2ccccc2)COC(C)(C)O1. The third-order valence-corrected chi connectivity index (χ3v) is 13.1. The van der Waals surface area contributed by atoms with Crippen molar-refractivity contribution in [1.29, 1.82) is 0 Å². The van der Waals surface area contributed by atoms with Gasteiger partial charge in [-0.3, -0.25) is 9.59 Å². The average Bonchev–Trinajstić information content (AvgIpc) is 3.57. The van der Waals surface area contributed by atoms with Gasteiger partial charge in [-0.25, -0.2) is 8.42 Å². The Bertz CT molecular complexity index is 1600. The molecule has 2 bridgehead atoms. The van der Waals surface area contributed by atoms with E-state index in [1.165, 1.54) is 32.1 Å². The van der Waals surface area contributed by atoms with Crippen LogP contribution in [0.15, 0.2) is 72.1 Å². The quantitative estimate of drug-likeness (QED) is 0.188. The Morgan fingerprint density at radius 2 is 1.69 bits per heavy atom. The zero-order valence-electron chi connectivity index (χ0n) is 28.9. The summed E-state index contributed by atoms with van der Waals surface area (Å²) in [7, 11) is -2.77. The molecule has 48 heavy (non-hydrogen) atoms. The summed E-state index contributed by atoms with van der Waals surface area (Å²) in [5, 5.41) is -1.44. The molecule has 0 radical (unpaired) electrons. The van der Waals surface area contributed by atoms with E-state index in [4.69, 9.17) is 28.4 Å². The average molecular weight is 685 g/mol. The fourth-order valence-corrected chi connectivity index (χ4v) is 11.2. The van der Waals surface area contributed by atoms with Gasteiger partial charge in [0.15, 0.2) is 27.3 Å². The van der Waals surface area contributed by atoms with Crippen molar-refractivity contribution >= 4 is 21.8 Å². The third-order valence-electron chi connectivity index (χ3n) is 10.8. The van der Waals surface area contributed by atoms with Crippen molar-refractivity contribution in [3.05, 3.63) is 72.8 Å². The molecule has 0 aromatic heterocycles. The Kier molecular flexibility index (Phi) is 9.93. The number of rotatable bonds is 13. The van der Waals surface area contributed by atoms with Gasteiger partial charge in [-0.1, -0.05) is 50.3 Å². The lowest BCUT2D eigenvalue weighted by Crippen LogP contribution is -2.68. The number of hydrogen-bond donors (Lipinski definition) is 0. The van der Waals surface area contributed by atoms with Gasteiger partial charge in [0.1, 0.15) is 23.2 Å². The summed E-state index contributed by atoms with van der Waals surface area (Å²) in [6, 6.07) is 15.5. The van der Waals surface area contributed by atoms with E-state index in [0.29, 0.717) is 25.0 Å². The highest BCUT2D eigenvalue weighted by molar-refractivity contribution is 7.92. The van der Waals surface area contributed by atoms with Crippen LogP contribution in [-0.2, 0) is 49.7 Å². The molecule has 5 rings (SSSR count). The standard InChI is InChI=1S/C37H48O10S/c1-9-30(43-22-26-15-17-28(42-8)18-16-26)37(23-44-35(6,7)47-37)32(46-25(3)39)33(48(40,41)29-13-11-10-12-14-29)36-20-19-27(34(36,4)5)21-31(36)45-24(2)38/h9-18,27,30-33H,1,19-23H2,2-8H3/t27?,30-,31-,32?,33?,36?,37+/m1/s1. The fourth-order valence-electron chi connectivity index (χ4n) is 8.60. The number of carbonyl (C=O) groups is 2. The summed E-state index contributed by atoms with van der Waals surface area (Å²) in [4.78, 5) is 25.8. The largest absolute Gasteiger partial charge is 0.497 e. The number of methoxy groups -OCH3 is 1. The van der Waals surface area contributed by atoms with E-state index in [1.54, 1.807) is 39.2 Å². The number of fused-ring (bicyclic) bond motifs is 2. The van der Waals surface area contributed by atoms with E-state index in [2.05, 4.69) is 6.58 Å². The molecule has 11 heteroatoms. The first-order valence-electron chi connectivity index (χ1n) is 16.4. The number of hydrogen-bond acceptors (Lipinski definition) is 10. The van der Waals surface area contributed by atoms with Crippen LogP contribution in [0.5, 0.6) is 5.75 Å². The summed E-state index contributed by atoms with van der Waals surface area (Å²) in [6.07, 6.45) is -0.0973. The second-order valence-electron chi connectivity index (χ2n) is 14.2. The van der Waals surface area contributed by atoms with Gasteiger partial charge in [0, 0.05) is 19.3 Å². The van der Waals surface area contributed by atoms with Crippen molar-refractivity contribution < 1.29 is 46.4 Å². The lowest BCUT2D eigenvalue weighted by atomic mass is 9.63. The zero-order chi connectivity index (χ0) is 35.1. The molecule has 0 amide bonds. The highest BCUT2D eigenvalue weighted by Gasteiger charge is 2.75. The van der Waals surface area contributed by atoms with Crippen LogP contribution >= 0.6 is 0 Å². The normalized spacial score (nSPS) is 29.1. The van der Waals surface area contributed by atoms with Crippen LogP contribution in [0, 0.1) is 16.7 Å². The number of sulfone groups is 1. The molecule has 3 aliphatic rings. The van der Waals surface area contributed by atoms with Crippen molar-refractivity contribution in [3.8, 4) is 5.75 Å². The summed E-state index contributed by atoms with van der Waals surface area (Å²) in [5.74, 6) is -1.68. The molecule has 1 aliphatic heterocycles. The van der Waals surface area contributed by atoms with Gasteiger partial charge in [0.2, 0.25) is 0 Å². The van der Waals surface area contributed by atoms with Gasteiger partial charge < -0.3 is 28.4 Å². The van der Waals surface area contributed by atoms with Crippen molar-refractivity contribution in [1.82, 2.24) is 0 Å². The maximum Gasteiger partial charge on any atom is 0.303 e. The van der Waals surface area contributed by atoms with Gasteiger partial charge >= 0.3 is 11.9 Å². The van der Waals surface area contributed by atoms with Gasteiger partial charge in [-0.15, -0.1) is 6.58 Å². The first-order chi connectivity index (χ1) is 22.5. The Balaban J connectivity index is 1.74. The van der Waals surface area contributed by atoms with Crippen LogP contribution in [0.1, 0.15) is 66.4 Å². The lowest BCUT2D eigenvalue weighted by Gasteiger charge is -2.52. The van der Waals surface area contributed by atoms with Crippen LogP contribution in [0.2, 0.25) is 0 Å². The van der Waals surface area contributed by atoms with E-state index >= 15 is 8.42 Å². The predicted molar refractivity (Wildman–Crippen MR) is 178 cm³/mol. The highest BCUT2D eigenvalue weighted by Crippen LogP contribution is 2.70. The van der Waals surface area contributed by atoms with E-state index in [1.807, 2.05) is 38.1 Å². The van der Waals surface area contributed by atoms with Gasteiger partial charge in [0.05, 0.1) is 25.2 Å². The molecule has 2 saturated carbocycles. The van der Waals surface area contributed by atoms with Crippen molar-refractivity contribution in [3.63, 3.8) is 0 Å². The summed E-state index contributed by atoms with van der Waals surface area (Å²) in [6.45, 7) is 14.1. The first-order valence-corrected chi connectivity index (χ1v) is 17.9. The number of ether oxygens (including phenoxy) is 6. The van der Waals surface area contributed by atoms with Crippen LogP contribution < -0.4 is 4.74 Å². The van der Waals surface area contributed by atoms with Crippen LogP contribution in [0.3, 0.4) is 0 Å². The second-order valence-corrected chi connectivity index (χ2v) is 16.3. The molecule has 10 nitrogen and oxygen atoms in total. The van der Waals surface area contributed by atoms with Crippen LogP contribution in [0.25, 0.3) is 0 Å². The van der Waals surface area contributed by atoms with Crippen LogP contribution in [0.4, 0.5) is 0 Å². The van der Waals surface area contributed by atoms with Crippen molar-refractivity contribution in [2.75, 3.05) is 13.7 Å². The molecule has 1 saturated heterocycles. The first kappa shape index (κ1) is 36.0. The molecule has 3 fully saturated rings. The molecular weight excluding hydrogens is 636 g/mol. The van der Waals surface area contributed by atoms with E-state index < -0.39 is 67.6 Å². The Morgan fingerprint density at radius 1 is 1.02 bits per heavy atom. The highest BCUT2D eigenvalue weighted by atomic mass is 32.2. The summed E-state index contributed by atoms with van der Waals surface area (Å²) < 4.78 is 67.7. The topological polar surface area (TPSA) is 124 Å². The third kappa shape index (κ3) is 6.19. The predicted octanol–water partition coefficient (Wildman–Crippen LogP) is 5.82. The van der Waals surface area contributed by atoms with E-state index in [-0.39, 0.29) is 24.0 Å². The maximum absolute atomic E-state index is 15.3. The Labute approximate surface area is 284 Å². The maximum atomic E-state index is 15.3. The molecule has 0 N–H and O–H groups in total. The van der Waals surface area contributed by atoms with Crippen molar-refractivity contribution in [2.24, 2.45) is 16.7 Å². The molecule has 4 unspecified atom stereocenters. The summed E-state index contributed by atoms with van der Waals surface area (Å²) >= 11 is 0. The molecule has 2 aromatic carbocycles. The minimum Gasteiger partial charge on any atom is -0.497 e. The van der Waals surface area contributed by atoms with Gasteiger partial charge in [0.25, 0.3) is 0 Å². The minimum absolute atomic E-state index is 0.0527. The summed E-state index contributed by atoms with van der Waals surface area (Å²) in [5.41, 5.74) is -2.69. The monoisotopic (exact) mass is 684 g/mol. The van der Waals surface area contributed by atoms with E-state index in [9.17, 15) is 9.59 Å². The number of esters is 2. The lowest BCUT2D eigenvalue weighted by molar-refractivity contribution is -0.230.